The van der Waals surface area contributed by atoms with Crippen LogP contribution in [0.4, 0.5) is 0 Å². The van der Waals surface area contributed by atoms with E-state index >= 15 is 0 Å². The van der Waals surface area contributed by atoms with Crippen molar-refractivity contribution in [3.05, 3.63) is 0 Å². The largest absolute Gasteiger partial charge is 0.756 e. The molecular weight excluding hydrogens is 673 g/mol. The third kappa shape index (κ3) is 40.7. The Morgan fingerprint density at radius 1 is 0.519 bits per heavy atom. The summed E-state index contributed by atoms with van der Waals surface area (Å²) in [5, 5.41) is 0. The van der Waals surface area contributed by atoms with E-state index in [1.165, 1.54) is 161 Å². The Hall–Kier alpha value is -0.500. The lowest BCUT2D eigenvalue weighted by Crippen LogP contribution is -2.37. The molecule has 0 aromatic rings. The van der Waals surface area contributed by atoms with Gasteiger partial charge >= 0.3 is 5.97 Å². The smallest absolute Gasteiger partial charge is 0.306 e. The van der Waals surface area contributed by atoms with E-state index in [1.54, 1.807) is 0 Å². The van der Waals surface area contributed by atoms with Crippen LogP contribution < -0.4 is 4.89 Å². The zero-order valence-corrected chi connectivity index (χ0v) is 36.2. The Balaban J connectivity index is 4.05. The van der Waals surface area contributed by atoms with Crippen LogP contribution in [0.5, 0.6) is 0 Å². The highest BCUT2D eigenvalue weighted by atomic mass is 31.2. The minimum Gasteiger partial charge on any atom is -0.756 e. The SMILES string of the molecule is CCCCCCCCCCCCCCCCCCCCCCCC(=O)OC(COCCCCCCCCCCC)COP(=O)([O-])OCC[N+](C)(C)C. The van der Waals surface area contributed by atoms with E-state index in [0.717, 1.165) is 32.1 Å². The van der Waals surface area contributed by atoms with Crippen LogP contribution in [-0.2, 0) is 27.9 Å². The zero-order chi connectivity index (χ0) is 38.4. The fraction of sp³-hybridized carbons (Fsp3) is 0.977. The monoisotopic (exact) mass is 762 g/mol. The number of phosphoric ester groups is 1. The predicted molar refractivity (Wildman–Crippen MR) is 218 cm³/mol. The van der Waals surface area contributed by atoms with Crippen LogP contribution in [0.2, 0.25) is 0 Å². The number of hydrogen-bond acceptors (Lipinski definition) is 7. The fourth-order valence-corrected chi connectivity index (χ4v) is 7.16. The highest BCUT2D eigenvalue weighted by Gasteiger charge is 2.20. The summed E-state index contributed by atoms with van der Waals surface area (Å²) in [5.74, 6) is -0.329. The maximum absolute atomic E-state index is 12.6. The number of ether oxygens (including phenoxy) is 2. The molecule has 9 heteroatoms. The Morgan fingerprint density at radius 2 is 0.885 bits per heavy atom. The van der Waals surface area contributed by atoms with Crippen LogP contribution in [0.15, 0.2) is 0 Å². The zero-order valence-electron chi connectivity index (χ0n) is 35.3. The molecule has 0 radical (unpaired) electrons. The Labute approximate surface area is 323 Å². The van der Waals surface area contributed by atoms with Crippen molar-refractivity contribution in [2.45, 2.75) is 219 Å². The number of nitrogens with zero attached hydrogens (tertiary/aromatic N) is 1. The molecule has 52 heavy (non-hydrogen) atoms. The lowest BCUT2D eigenvalue weighted by molar-refractivity contribution is -0.870. The summed E-state index contributed by atoms with van der Waals surface area (Å²) in [7, 11) is 1.37. The number of carbonyl (C=O) groups is 1. The van der Waals surface area contributed by atoms with E-state index in [4.69, 9.17) is 18.5 Å². The molecule has 0 amide bonds. The number of likely N-dealkylation sites (N-methyl/N-ethyl adjacent to an activating group) is 1. The van der Waals surface area contributed by atoms with Crippen molar-refractivity contribution in [1.82, 2.24) is 0 Å². The van der Waals surface area contributed by atoms with Gasteiger partial charge in [0.25, 0.3) is 7.82 Å². The van der Waals surface area contributed by atoms with E-state index in [1.807, 2.05) is 21.1 Å². The van der Waals surface area contributed by atoms with E-state index in [0.29, 0.717) is 24.1 Å². The molecule has 0 aliphatic carbocycles. The average Bonchev–Trinajstić information content (AvgIpc) is 3.09. The first kappa shape index (κ1) is 51.5. The molecule has 0 saturated heterocycles. The van der Waals surface area contributed by atoms with Gasteiger partial charge in [0.2, 0.25) is 0 Å². The number of quaternary nitrogens is 1. The molecule has 0 N–H and O–H groups in total. The maximum atomic E-state index is 12.6. The molecule has 8 nitrogen and oxygen atoms in total. The van der Waals surface area contributed by atoms with Crippen LogP contribution in [0.25, 0.3) is 0 Å². The second-order valence-corrected chi connectivity index (χ2v) is 17.8. The molecular formula is C43H88NO7P. The Bertz CT molecular complexity index is 807. The highest BCUT2D eigenvalue weighted by Crippen LogP contribution is 2.38. The van der Waals surface area contributed by atoms with Gasteiger partial charge in [0.15, 0.2) is 0 Å². The van der Waals surface area contributed by atoms with Gasteiger partial charge in [-0.15, -0.1) is 0 Å². The van der Waals surface area contributed by atoms with Gasteiger partial charge in [-0.2, -0.15) is 0 Å². The van der Waals surface area contributed by atoms with Gasteiger partial charge in [-0.1, -0.05) is 194 Å². The standard InChI is InChI=1S/C43H88NO7P/c1-6-8-10-12-14-16-17-18-19-20-21-22-23-24-25-26-27-28-30-32-34-36-43(45)51-42(41-50-52(46,47)49-39-37-44(3,4)5)40-48-38-35-33-31-29-15-13-11-9-7-2/h42H,6-41H2,1-5H3. The quantitative estimate of drug-likeness (QED) is 0.0264. The number of carbonyl (C=O) groups excluding carboxylic acids is 1. The maximum Gasteiger partial charge on any atom is 0.306 e. The van der Waals surface area contributed by atoms with E-state index in [2.05, 4.69) is 13.8 Å². The van der Waals surface area contributed by atoms with Gasteiger partial charge in [0.05, 0.1) is 34.4 Å². The van der Waals surface area contributed by atoms with Gasteiger partial charge < -0.3 is 27.9 Å². The third-order valence-corrected chi connectivity index (χ3v) is 10.9. The number of phosphoric acid groups is 1. The van der Waals surface area contributed by atoms with Crippen molar-refractivity contribution in [2.24, 2.45) is 0 Å². The van der Waals surface area contributed by atoms with Gasteiger partial charge in [0.1, 0.15) is 19.3 Å². The first-order valence-corrected chi connectivity index (χ1v) is 23.7. The minimum atomic E-state index is -4.51. The van der Waals surface area contributed by atoms with Crippen molar-refractivity contribution in [1.29, 1.82) is 0 Å². The normalized spacial score (nSPS) is 13.7. The van der Waals surface area contributed by atoms with Crippen LogP contribution in [0.3, 0.4) is 0 Å². The molecule has 0 fully saturated rings. The molecule has 0 heterocycles. The highest BCUT2D eigenvalue weighted by molar-refractivity contribution is 7.45. The number of esters is 1. The second kappa shape index (κ2) is 37.4. The fourth-order valence-electron chi connectivity index (χ4n) is 6.43. The van der Waals surface area contributed by atoms with Crippen LogP contribution in [0.1, 0.15) is 213 Å². The summed E-state index contributed by atoms with van der Waals surface area (Å²) in [5.41, 5.74) is 0. The molecule has 0 aliphatic rings. The van der Waals surface area contributed by atoms with Crippen molar-refractivity contribution in [3.63, 3.8) is 0 Å². The lowest BCUT2D eigenvalue weighted by atomic mass is 10.0. The molecule has 0 saturated carbocycles. The van der Waals surface area contributed by atoms with Crippen LogP contribution in [0, 0.1) is 0 Å². The summed E-state index contributed by atoms with van der Waals surface area (Å²) in [6.07, 6.45) is 38.3. The molecule has 2 unspecified atom stereocenters. The van der Waals surface area contributed by atoms with Gasteiger partial charge in [-0.3, -0.25) is 9.36 Å². The van der Waals surface area contributed by atoms with Gasteiger partial charge in [-0.05, 0) is 12.8 Å². The van der Waals surface area contributed by atoms with E-state index in [-0.39, 0.29) is 25.8 Å². The summed E-state index contributed by atoms with van der Waals surface area (Å²) in [6.45, 7) is 5.45. The minimum absolute atomic E-state index is 0.0311. The number of rotatable bonds is 42. The second-order valence-electron chi connectivity index (χ2n) is 16.4. The van der Waals surface area contributed by atoms with Crippen molar-refractivity contribution < 1.29 is 37.3 Å². The molecule has 2 atom stereocenters. The first-order valence-electron chi connectivity index (χ1n) is 22.3. The molecule has 0 rings (SSSR count). The van der Waals surface area contributed by atoms with Gasteiger partial charge in [0, 0.05) is 13.0 Å². The van der Waals surface area contributed by atoms with Crippen LogP contribution in [-0.4, -0.2) is 70.7 Å². The molecule has 0 bridgehead atoms. The van der Waals surface area contributed by atoms with Crippen molar-refractivity contribution in [3.8, 4) is 0 Å². The predicted octanol–water partition coefficient (Wildman–Crippen LogP) is 12.3. The molecule has 0 spiro atoms. The summed E-state index contributed by atoms with van der Waals surface area (Å²) >= 11 is 0. The third-order valence-electron chi connectivity index (χ3n) is 9.91. The topological polar surface area (TPSA) is 94.1 Å². The van der Waals surface area contributed by atoms with Crippen molar-refractivity contribution >= 4 is 13.8 Å². The lowest BCUT2D eigenvalue weighted by Gasteiger charge is -2.28. The molecule has 0 aromatic carbocycles. The van der Waals surface area contributed by atoms with Crippen LogP contribution >= 0.6 is 7.82 Å². The van der Waals surface area contributed by atoms with Crippen molar-refractivity contribution in [2.75, 3.05) is 54.1 Å². The first-order chi connectivity index (χ1) is 25.1. The summed E-state index contributed by atoms with van der Waals surface area (Å²) in [4.78, 5) is 25.0. The summed E-state index contributed by atoms with van der Waals surface area (Å²) < 4.78 is 34.5. The summed E-state index contributed by atoms with van der Waals surface area (Å²) in [6, 6.07) is 0. The Kier molecular flexibility index (Phi) is 37.1. The average molecular weight is 762 g/mol. The molecule has 0 aromatic heterocycles. The van der Waals surface area contributed by atoms with E-state index in [9.17, 15) is 14.3 Å². The molecule has 0 aliphatic heterocycles. The number of unbranched alkanes of at least 4 members (excludes halogenated alkanes) is 28. The van der Waals surface area contributed by atoms with E-state index < -0.39 is 13.9 Å². The Morgan fingerprint density at radius 3 is 1.27 bits per heavy atom. The van der Waals surface area contributed by atoms with Gasteiger partial charge in [-0.25, -0.2) is 0 Å². The number of hydrogen-bond donors (Lipinski definition) is 0. The molecule has 312 valence electrons.